The Labute approximate surface area is 137 Å². The van der Waals surface area contributed by atoms with Gasteiger partial charge in [0.1, 0.15) is 11.9 Å². The number of nitrogens with zero attached hydrogens (tertiary/aromatic N) is 1. The van der Waals surface area contributed by atoms with Gasteiger partial charge in [-0.05, 0) is 24.6 Å². The number of nitrogens with one attached hydrogen (secondary N) is 2. The number of halogens is 1. The summed E-state index contributed by atoms with van der Waals surface area (Å²) in [6.45, 7) is 1.88. The number of methoxy groups -OCH3 is 1. The summed E-state index contributed by atoms with van der Waals surface area (Å²) in [5.41, 5.74) is -0.0425. The standard InChI is InChI=1S/C15H16ClN3O4/c1-15(22-2,10-4-3-5-11(16)8-10)9-17-13(20)14(21)18-12-6-7-23-19-12/h3-8H,9H2,1-2H3,(H,17,20)(H,18,19,21)/t15-/m0/s1. The highest BCUT2D eigenvalue weighted by Gasteiger charge is 2.28. The summed E-state index contributed by atoms with van der Waals surface area (Å²) in [7, 11) is 1.52. The summed E-state index contributed by atoms with van der Waals surface area (Å²) in [4.78, 5) is 23.6. The van der Waals surface area contributed by atoms with Crippen LogP contribution in [0.2, 0.25) is 5.02 Å². The van der Waals surface area contributed by atoms with Crippen LogP contribution in [0.3, 0.4) is 0 Å². The van der Waals surface area contributed by atoms with Crippen LogP contribution in [-0.4, -0.2) is 30.6 Å². The van der Waals surface area contributed by atoms with Crippen molar-refractivity contribution in [2.45, 2.75) is 12.5 Å². The smallest absolute Gasteiger partial charge is 0.314 e. The minimum absolute atomic E-state index is 0.0922. The summed E-state index contributed by atoms with van der Waals surface area (Å²) in [5, 5.41) is 8.88. The van der Waals surface area contributed by atoms with E-state index in [0.29, 0.717) is 5.02 Å². The van der Waals surface area contributed by atoms with Gasteiger partial charge in [-0.1, -0.05) is 28.9 Å². The molecule has 7 nitrogen and oxygen atoms in total. The molecular formula is C15H16ClN3O4. The first-order valence-electron chi connectivity index (χ1n) is 6.75. The van der Waals surface area contributed by atoms with Crippen LogP contribution in [0, 0.1) is 0 Å². The van der Waals surface area contributed by atoms with Gasteiger partial charge < -0.3 is 14.6 Å². The SMILES string of the molecule is CO[C@@](C)(CNC(=O)C(=O)Nc1ccon1)c1cccc(Cl)c1. The van der Waals surface area contributed by atoms with Crippen LogP contribution in [0.4, 0.5) is 5.82 Å². The lowest BCUT2D eigenvalue weighted by atomic mass is 9.95. The van der Waals surface area contributed by atoms with Gasteiger partial charge >= 0.3 is 11.8 Å². The largest absolute Gasteiger partial charge is 0.372 e. The van der Waals surface area contributed by atoms with Crippen LogP contribution in [-0.2, 0) is 19.9 Å². The van der Waals surface area contributed by atoms with E-state index < -0.39 is 17.4 Å². The number of anilines is 1. The van der Waals surface area contributed by atoms with E-state index >= 15 is 0 Å². The van der Waals surface area contributed by atoms with Crippen molar-refractivity contribution in [2.75, 3.05) is 19.0 Å². The number of amides is 2. The summed E-state index contributed by atoms with van der Waals surface area (Å²) < 4.78 is 10.0. The van der Waals surface area contributed by atoms with E-state index in [-0.39, 0.29) is 12.4 Å². The van der Waals surface area contributed by atoms with Crippen LogP contribution >= 0.6 is 11.6 Å². The second-order valence-electron chi connectivity index (χ2n) is 4.97. The van der Waals surface area contributed by atoms with Crippen LogP contribution < -0.4 is 10.6 Å². The van der Waals surface area contributed by atoms with Gasteiger partial charge in [-0.2, -0.15) is 0 Å². The highest BCUT2D eigenvalue weighted by Crippen LogP contribution is 2.26. The van der Waals surface area contributed by atoms with Crippen molar-refractivity contribution >= 4 is 29.2 Å². The average Bonchev–Trinajstić information content (AvgIpc) is 3.05. The molecule has 2 amide bonds. The van der Waals surface area contributed by atoms with Crippen LogP contribution in [0.15, 0.2) is 41.1 Å². The van der Waals surface area contributed by atoms with Gasteiger partial charge in [0.25, 0.3) is 0 Å². The van der Waals surface area contributed by atoms with E-state index in [1.165, 1.54) is 19.4 Å². The summed E-state index contributed by atoms with van der Waals surface area (Å²) in [5.74, 6) is -1.49. The average molecular weight is 338 g/mol. The molecule has 1 aromatic carbocycles. The molecule has 0 fully saturated rings. The first-order chi connectivity index (χ1) is 10.9. The molecule has 1 heterocycles. The van der Waals surface area contributed by atoms with Gasteiger partial charge in [0.15, 0.2) is 5.82 Å². The molecule has 2 aromatic rings. The van der Waals surface area contributed by atoms with E-state index in [0.717, 1.165) is 5.56 Å². The van der Waals surface area contributed by atoms with Gasteiger partial charge in [0.2, 0.25) is 0 Å². The quantitative estimate of drug-likeness (QED) is 0.813. The molecule has 0 aliphatic carbocycles. The lowest BCUT2D eigenvalue weighted by Crippen LogP contribution is -2.44. The minimum Gasteiger partial charge on any atom is -0.372 e. The predicted octanol–water partition coefficient (Wildman–Crippen LogP) is 1.94. The maximum atomic E-state index is 11.9. The lowest BCUT2D eigenvalue weighted by molar-refractivity contribution is -0.137. The molecule has 0 aliphatic heterocycles. The number of ether oxygens (including phenoxy) is 1. The molecule has 0 radical (unpaired) electrons. The normalized spacial score (nSPS) is 13.2. The zero-order chi connectivity index (χ0) is 16.9. The second-order valence-corrected chi connectivity index (χ2v) is 5.40. The predicted molar refractivity (Wildman–Crippen MR) is 84.0 cm³/mol. The fourth-order valence-corrected chi connectivity index (χ4v) is 2.08. The Hall–Kier alpha value is -2.38. The van der Waals surface area contributed by atoms with Crippen molar-refractivity contribution in [3.63, 3.8) is 0 Å². The molecule has 1 aromatic heterocycles. The van der Waals surface area contributed by atoms with Crippen molar-refractivity contribution in [2.24, 2.45) is 0 Å². The highest BCUT2D eigenvalue weighted by molar-refractivity contribution is 6.39. The molecule has 0 aliphatic rings. The lowest BCUT2D eigenvalue weighted by Gasteiger charge is -2.29. The van der Waals surface area contributed by atoms with Crippen molar-refractivity contribution < 1.29 is 18.8 Å². The van der Waals surface area contributed by atoms with E-state index in [4.69, 9.17) is 16.3 Å². The van der Waals surface area contributed by atoms with E-state index in [2.05, 4.69) is 20.3 Å². The maximum absolute atomic E-state index is 11.9. The number of carbonyl (C=O) groups is 2. The van der Waals surface area contributed by atoms with Gasteiger partial charge in [-0.25, -0.2) is 0 Å². The van der Waals surface area contributed by atoms with Gasteiger partial charge in [-0.3, -0.25) is 14.9 Å². The number of aromatic nitrogens is 1. The zero-order valence-electron chi connectivity index (χ0n) is 12.6. The Kier molecular flexibility index (Phi) is 5.36. The fraction of sp³-hybridized carbons (Fsp3) is 0.267. The van der Waals surface area contributed by atoms with Crippen molar-refractivity contribution in [1.82, 2.24) is 10.5 Å². The van der Waals surface area contributed by atoms with E-state index in [1.54, 1.807) is 25.1 Å². The third kappa shape index (κ3) is 4.30. The van der Waals surface area contributed by atoms with Crippen molar-refractivity contribution in [3.05, 3.63) is 47.2 Å². The number of hydrogen-bond acceptors (Lipinski definition) is 5. The minimum atomic E-state index is -0.844. The second kappa shape index (κ2) is 7.26. The van der Waals surface area contributed by atoms with Crippen molar-refractivity contribution in [1.29, 1.82) is 0 Å². The summed E-state index contributed by atoms with van der Waals surface area (Å²) >= 11 is 5.98. The molecule has 0 bridgehead atoms. The maximum Gasteiger partial charge on any atom is 0.314 e. The molecule has 0 saturated heterocycles. The van der Waals surface area contributed by atoms with Crippen LogP contribution in [0.5, 0.6) is 0 Å². The van der Waals surface area contributed by atoms with E-state index in [1.807, 2.05) is 6.07 Å². The van der Waals surface area contributed by atoms with Crippen molar-refractivity contribution in [3.8, 4) is 0 Å². The monoisotopic (exact) mass is 337 g/mol. The Bertz CT molecular complexity index is 690. The number of hydrogen-bond donors (Lipinski definition) is 2. The Morgan fingerprint density at radius 2 is 2.13 bits per heavy atom. The third-order valence-corrected chi connectivity index (χ3v) is 3.59. The first-order valence-corrected chi connectivity index (χ1v) is 7.13. The zero-order valence-corrected chi connectivity index (χ0v) is 13.4. The van der Waals surface area contributed by atoms with E-state index in [9.17, 15) is 9.59 Å². The van der Waals surface area contributed by atoms with Gasteiger partial charge in [0, 0.05) is 18.2 Å². The Morgan fingerprint density at radius 3 is 2.74 bits per heavy atom. The fourth-order valence-electron chi connectivity index (χ4n) is 1.89. The molecule has 1 atom stereocenters. The number of rotatable bonds is 5. The molecule has 2 rings (SSSR count). The van der Waals surface area contributed by atoms with Crippen LogP contribution in [0.1, 0.15) is 12.5 Å². The Balaban J connectivity index is 1.99. The molecule has 0 spiro atoms. The highest BCUT2D eigenvalue weighted by atomic mass is 35.5. The Morgan fingerprint density at radius 1 is 1.35 bits per heavy atom. The number of benzene rings is 1. The number of carbonyl (C=O) groups excluding carboxylic acids is 2. The van der Waals surface area contributed by atoms with Crippen LogP contribution in [0.25, 0.3) is 0 Å². The van der Waals surface area contributed by atoms with Gasteiger partial charge in [0.05, 0.1) is 6.54 Å². The molecular weight excluding hydrogens is 322 g/mol. The first kappa shape index (κ1) is 17.0. The molecule has 8 heteroatoms. The summed E-state index contributed by atoms with van der Waals surface area (Å²) in [6, 6.07) is 8.53. The topological polar surface area (TPSA) is 93.5 Å². The van der Waals surface area contributed by atoms with Gasteiger partial charge in [-0.15, -0.1) is 0 Å². The molecule has 122 valence electrons. The third-order valence-electron chi connectivity index (χ3n) is 3.36. The molecule has 0 saturated carbocycles. The molecule has 2 N–H and O–H groups in total. The molecule has 23 heavy (non-hydrogen) atoms. The summed E-state index contributed by atoms with van der Waals surface area (Å²) in [6.07, 6.45) is 1.29. The molecule has 0 unspecified atom stereocenters.